The molecule has 3 rings (SSSR count). The number of hydrogen-bond acceptors (Lipinski definition) is 3. The summed E-state index contributed by atoms with van der Waals surface area (Å²) in [6.07, 6.45) is -3.39. The zero-order valence-electron chi connectivity index (χ0n) is 11.7. The van der Waals surface area contributed by atoms with Gasteiger partial charge in [0, 0.05) is 6.04 Å². The molecule has 1 heterocycles. The van der Waals surface area contributed by atoms with Crippen LogP contribution in [0.1, 0.15) is 41.2 Å². The minimum absolute atomic E-state index is 0.0815. The number of nitrogens with one attached hydrogen (secondary N) is 2. The second-order valence-corrected chi connectivity index (χ2v) is 6.02. The van der Waals surface area contributed by atoms with Crippen LogP contribution < -0.4 is 10.9 Å². The highest BCUT2D eigenvalue weighted by atomic mass is 19.4. The van der Waals surface area contributed by atoms with E-state index in [0.717, 1.165) is 5.56 Å². The molecule has 1 saturated carbocycles. The molecule has 2 aliphatic rings. The van der Waals surface area contributed by atoms with Gasteiger partial charge in [-0.1, -0.05) is 12.1 Å². The third-order valence-electron chi connectivity index (χ3n) is 4.74. The Balaban J connectivity index is 1.72. The molecular formula is C15H17F3N2O2. The summed E-state index contributed by atoms with van der Waals surface area (Å²) < 4.78 is 38.5. The molecule has 0 aromatic heterocycles. The quantitative estimate of drug-likeness (QED) is 0.785. The first-order valence-corrected chi connectivity index (χ1v) is 7.27. The number of halogens is 3. The number of fused-ring (bicyclic) bond motifs is 1. The smallest absolute Gasteiger partial charge is 0.391 e. The van der Waals surface area contributed by atoms with E-state index in [0.29, 0.717) is 6.42 Å². The van der Waals surface area contributed by atoms with E-state index in [9.17, 15) is 18.0 Å². The van der Waals surface area contributed by atoms with Gasteiger partial charge in [-0.2, -0.15) is 13.2 Å². The van der Waals surface area contributed by atoms with Crippen molar-refractivity contribution in [1.29, 1.82) is 0 Å². The van der Waals surface area contributed by atoms with Gasteiger partial charge >= 0.3 is 12.1 Å². The number of rotatable bonds is 2. The van der Waals surface area contributed by atoms with Gasteiger partial charge in [0.25, 0.3) is 0 Å². The molecule has 4 nitrogen and oxygen atoms in total. The molecule has 7 heteroatoms. The van der Waals surface area contributed by atoms with Gasteiger partial charge in [0.05, 0.1) is 17.5 Å². The summed E-state index contributed by atoms with van der Waals surface area (Å²) in [5.41, 5.74) is 7.15. The molecule has 2 fully saturated rings. The monoisotopic (exact) mass is 314 g/mol. The lowest BCUT2D eigenvalue weighted by Gasteiger charge is -2.33. The fraction of sp³-hybridized carbons (Fsp3) is 0.533. The van der Waals surface area contributed by atoms with Crippen LogP contribution in [-0.2, 0) is 0 Å². The van der Waals surface area contributed by atoms with Gasteiger partial charge in [-0.05, 0) is 42.9 Å². The van der Waals surface area contributed by atoms with E-state index < -0.39 is 18.1 Å². The van der Waals surface area contributed by atoms with Crippen molar-refractivity contribution in [3.05, 3.63) is 35.4 Å². The van der Waals surface area contributed by atoms with Crippen molar-refractivity contribution in [2.24, 2.45) is 11.8 Å². The normalized spacial score (nSPS) is 31.8. The SMILES string of the molecule is O=C(O)c1ccc(C2NNC3CC(C(F)(F)F)CCC32)cc1. The van der Waals surface area contributed by atoms with E-state index in [4.69, 9.17) is 5.11 Å². The van der Waals surface area contributed by atoms with Crippen molar-refractivity contribution in [3.8, 4) is 0 Å². The minimum Gasteiger partial charge on any atom is -0.478 e. The highest BCUT2D eigenvalue weighted by Gasteiger charge is 2.48. The van der Waals surface area contributed by atoms with E-state index in [1.165, 1.54) is 12.1 Å². The largest absolute Gasteiger partial charge is 0.478 e. The van der Waals surface area contributed by atoms with Crippen molar-refractivity contribution in [3.63, 3.8) is 0 Å². The zero-order valence-corrected chi connectivity index (χ0v) is 11.7. The molecule has 0 spiro atoms. The minimum atomic E-state index is -4.13. The highest BCUT2D eigenvalue weighted by Crippen LogP contribution is 2.45. The van der Waals surface area contributed by atoms with Crippen LogP contribution in [0.2, 0.25) is 0 Å². The number of carboxylic acids is 1. The molecular weight excluding hydrogens is 297 g/mol. The number of hydrogen-bond donors (Lipinski definition) is 3. The number of benzene rings is 1. The standard InChI is InChI=1S/C15H17F3N2O2/c16-15(17,18)10-5-6-11-12(7-10)19-20-13(11)8-1-3-9(4-2-8)14(21)22/h1-4,10-13,19-20H,5-7H2,(H,21,22). The molecule has 22 heavy (non-hydrogen) atoms. The molecule has 0 amide bonds. The van der Waals surface area contributed by atoms with Gasteiger partial charge in [0.15, 0.2) is 0 Å². The number of hydrazine groups is 1. The third-order valence-corrected chi connectivity index (χ3v) is 4.74. The van der Waals surface area contributed by atoms with Crippen molar-refractivity contribution in [2.75, 3.05) is 0 Å². The summed E-state index contributed by atoms with van der Waals surface area (Å²) in [4.78, 5) is 10.9. The lowest BCUT2D eigenvalue weighted by atomic mass is 9.75. The molecule has 1 aromatic carbocycles. The Morgan fingerprint density at radius 3 is 2.41 bits per heavy atom. The van der Waals surface area contributed by atoms with Crippen LogP contribution in [0.5, 0.6) is 0 Å². The Hall–Kier alpha value is -1.60. The van der Waals surface area contributed by atoms with Crippen LogP contribution in [-0.4, -0.2) is 23.3 Å². The van der Waals surface area contributed by atoms with Gasteiger partial charge < -0.3 is 5.11 Å². The van der Waals surface area contributed by atoms with Gasteiger partial charge in [-0.15, -0.1) is 0 Å². The summed E-state index contributed by atoms with van der Waals surface area (Å²) in [6.45, 7) is 0. The van der Waals surface area contributed by atoms with E-state index in [1.807, 2.05) is 0 Å². The van der Waals surface area contributed by atoms with Crippen LogP contribution in [0.4, 0.5) is 13.2 Å². The lowest BCUT2D eigenvalue weighted by molar-refractivity contribution is -0.185. The topological polar surface area (TPSA) is 61.4 Å². The number of carbonyl (C=O) groups is 1. The van der Waals surface area contributed by atoms with E-state index in [2.05, 4.69) is 10.9 Å². The first kappa shape index (κ1) is 15.3. The molecule has 4 atom stereocenters. The van der Waals surface area contributed by atoms with Crippen molar-refractivity contribution >= 4 is 5.97 Å². The second-order valence-electron chi connectivity index (χ2n) is 6.02. The van der Waals surface area contributed by atoms with E-state index in [1.54, 1.807) is 12.1 Å². The lowest BCUT2D eigenvalue weighted by Crippen LogP contribution is -2.40. The fourth-order valence-electron chi connectivity index (χ4n) is 3.52. The maximum absolute atomic E-state index is 12.8. The van der Waals surface area contributed by atoms with Crippen molar-refractivity contribution in [1.82, 2.24) is 10.9 Å². The fourth-order valence-corrected chi connectivity index (χ4v) is 3.52. The zero-order chi connectivity index (χ0) is 15.9. The highest BCUT2D eigenvalue weighted by molar-refractivity contribution is 5.87. The van der Waals surface area contributed by atoms with Crippen LogP contribution in [0.15, 0.2) is 24.3 Å². The molecule has 0 radical (unpaired) electrons. The summed E-state index contributed by atoms with van der Waals surface area (Å²) in [7, 11) is 0. The molecule has 120 valence electrons. The van der Waals surface area contributed by atoms with Gasteiger partial charge in [0.1, 0.15) is 0 Å². The molecule has 1 aromatic rings. The predicted molar refractivity (Wildman–Crippen MR) is 73.1 cm³/mol. The molecule has 3 N–H and O–H groups in total. The van der Waals surface area contributed by atoms with Gasteiger partial charge in [0.2, 0.25) is 0 Å². The van der Waals surface area contributed by atoms with Crippen molar-refractivity contribution < 1.29 is 23.1 Å². The molecule has 1 aliphatic heterocycles. The average molecular weight is 314 g/mol. The van der Waals surface area contributed by atoms with Gasteiger partial charge in [-0.3, -0.25) is 5.43 Å². The van der Waals surface area contributed by atoms with Gasteiger partial charge in [-0.25, -0.2) is 10.2 Å². The Kier molecular flexibility index (Phi) is 3.86. The predicted octanol–water partition coefficient (Wildman–Crippen LogP) is 2.88. The van der Waals surface area contributed by atoms with Crippen LogP contribution in [0, 0.1) is 11.8 Å². The molecule has 0 bridgehead atoms. The Bertz CT molecular complexity index is 559. The second kappa shape index (κ2) is 5.55. The maximum atomic E-state index is 12.8. The Labute approximate surface area is 125 Å². The summed E-state index contributed by atoms with van der Waals surface area (Å²) in [5, 5.41) is 8.90. The Morgan fingerprint density at radius 2 is 1.82 bits per heavy atom. The molecule has 1 saturated heterocycles. The first-order chi connectivity index (χ1) is 10.4. The average Bonchev–Trinajstić information content (AvgIpc) is 2.89. The van der Waals surface area contributed by atoms with Crippen molar-refractivity contribution in [2.45, 2.75) is 37.5 Å². The number of aromatic carboxylic acids is 1. The summed E-state index contributed by atoms with van der Waals surface area (Å²) in [5.74, 6) is -2.14. The third kappa shape index (κ3) is 2.83. The summed E-state index contributed by atoms with van der Waals surface area (Å²) >= 11 is 0. The maximum Gasteiger partial charge on any atom is 0.391 e. The number of carboxylic acid groups (broad SMARTS) is 1. The van der Waals surface area contributed by atoms with E-state index in [-0.39, 0.29) is 36.4 Å². The van der Waals surface area contributed by atoms with Crippen LogP contribution in [0.3, 0.4) is 0 Å². The van der Waals surface area contributed by atoms with E-state index >= 15 is 0 Å². The Morgan fingerprint density at radius 1 is 1.14 bits per heavy atom. The number of alkyl halides is 3. The summed E-state index contributed by atoms with van der Waals surface area (Å²) in [6, 6.07) is 6.20. The first-order valence-electron chi connectivity index (χ1n) is 7.27. The van der Waals surface area contributed by atoms with Crippen LogP contribution >= 0.6 is 0 Å². The van der Waals surface area contributed by atoms with Crippen LogP contribution in [0.25, 0.3) is 0 Å². The molecule has 1 aliphatic carbocycles. The molecule has 4 unspecified atom stereocenters.